The summed E-state index contributed by atoms with van der Waals surface area (Å²) in [4.78, 5) is 18.2. The van der Waals surface area contributed by atoms with Crippen LogP contribution in [0.3, 0.4) is 0 Å². The van der Waals surface area contributed by atoms with Crippen LogP contribution in [0.4, 0.5) is 20.7 Å². The monoisotopic (exact) mass is 461 g/mol. The Morgan fingerprint density at radius 2 is 2.09 bits per heavy atom. The molecular weight excluding hydrogens is 441 g/mol. The first-order valence-electron chi connectivity index (χ1n) is 11.0. The molecular formula is C24H20FN5O4. The van der Waals surface area contributed by atoms with Crippen LogP contribution >= 0.6 is 0 Å². The number of hydrogen-bond donors (Lipinski definition) is 1. The summed E-state index contributed by atoms with van der Waals surface area (Å²) in [7, 11) is 0. The van der Waals surface area contributed by atoms with Crippen molar-refractivity contribution in [2.24, 2.45) is 11.8 Å². The molecule has 4 atom stereocenters. The molecule has 1 amide bonds. The number of nitriles is 1. The van der Waals surface area contributed by atoms with Gasteiger partial charge in [-0.3, -0.25) is 9.88 Å². The number of nitrogens with zero attached hydrogens (tertiary/aromatic N) is 4. The Kier molecular flexibility index (Phi) is 4.74. The molecule has 1 aromatic carbocycles. The van der Waals surface area contributed by atoms with Gasteiger partial charge in [-0.1, -0.05) is 11.2 Å². The minimum Gasteiger partial charge on any atom is -0.442 e. The molecule has 34 heavy (non-hydrogen) atoms. The predicted octanol–water partition coefficient (Wildman–Crippen LogP) is 3.35. The number of nitrogens with one attached hydrogen (secondary N) is 1. The summed E-state index contributed by atoms with van der Waals surface area (Å²) in [6.45, 7) is 1.79. The van der Waals surface area contributed by atoms with Crippen LogP contribution in [0.1, 0.15) is 5.69 Å². The van der Waals surface area contributed by atoms with E-state index in [0.29, 0.717) is 48.1 Å². The minimum atomic E-state index is -0.589. The van der Waals surface area contributed by atoms with E-state index in [1.165, 1.54) is 17.2 Å². The molecule has 0 spiro atoms. The van der Waals surface area contributed by atoms with Crippen LogP contribution in [-0.4, -0.2) is 48.6 Å². The number of carbonyl (C=O) groups excluding carboxylic acids is 1. The van der Waals surface area contributed by atoms with Gasteiger partial charge in [-0.2, -0.15) is 5.26 Å². The van der Waals surface area contributed by atoms with Gasteiger partial charge in [-0.15, -0.1) is 0 Å². The summed E-state index contributed by atoms with van der Waals surface area (Å²) in [6.07, 6.45) is 2.09. The smallest absolute Gasteiger partial charge is 0.414 e. The zero-order valence-electron chi connectivity index (χ0n) is 18.0. The second kappa shape index (κ2) is 7.81. The van der Waals surface area contributed by atoms with E-state index in [4.69, 9.17) is 14.0 Å². The Balaban J connectivity index is 1.16. The fourth-order valence-electron chi connectivity index (χ4n) is 5.02. The number of ether oxygens (including phenoxy) is 2. The van der Waals surface area contributed by atoms with Gasteiger partial charge in [0.1, 0.15) is 23.6 Å². The van der Waals surface area contributed by atoms with Gasteiger partial charge in [0, 0.05) is 35.2 Å². The average Bonchev–Trinajstić information content (AvgIpc) is 3.38. The van der Waals surface area contributed by atoms with Crippen molar-refractivity contribution < 1.29 is 23.2 Å². The number of cyclic esters (lactones) is 1. The van der Waals surface area contributed by atoms with Crippen molar-refractivity contribution in [3.63, 3.8) is 0 Å². The van der Waals surface area contributed by atoms with E-state index < -0.39 is 23.4 Å². The van der Waals surface area contributed by atoms with Gasteiger partial charge < -0.3 is 19.3 Å². The minimum absolute atomic E-state index is 0.182. The third-order valence-electron chi connectivity index (χ3n) is 6.91. The summed E-state index contributed by atoms with van der Waals surface area (Å²) in [5, 5.41) is 16.5. The second-order valence-electron chi connectivity index (χ2n) is 8.71. The summed E-state index contributed by atoms with van der Waals surface area (Å²) < 4.78 is 30.6. The molecule has 6 rings (SSSR count). The number of benzene rings is 1. The van der Waals surface area contributed by atoms with Gasteiger partial charge >= 0.3 is 6.09 Å². The zero-order valence-corrected chi connectivity index (χ0v) is 18.0. The third kappa shape index (κ3) is 3.20. The van der Waals surface area contributed by atoms with Crippen molar-refractivity contribution in [2.45, 2.75) is 11.5 Å². The van der Waals surface area contributed by atoms with Crippen molar-refractivity contribution in [1.29, 1.82) is 5.26 Å². The molecule has 1 unspecified atom stereocenters. The molecule has 9 nitrogen and oxygen atoms in total. The van der Waals surface area contributed by atoms with E-state index in [1.54, 1.807) is 36.5 Å². The van der Waals surface area contributed by atoms with E-state index in [-0.39, 0.29) is 18.4 Å². The molecule has 0 radical (unpaired) electrons. The Hall–Kier alpha value is -3.97. The lowest BCUT2D eigenvalue weighted by molar-refractivity contribution is 0.147. The van der Waals surface area contributed by atoms with Crippen molar-refractivity contribution in [3.05, 3.63) is 60.4 Å². The largest absolute Gasteiger partial charge is 0.442 e. The van der Waals surface area contributed by atoms with Crippen LogP contribution in [0.2, 0.25) is 0 Å². The Bertz CT molecular complexity index is 1260. The number of pyridine rings is 1. The van der Waals surface area contributed by atoms with Crippen LogP contribution in [0.25, 0.3) is 11.1 Å². The third-order valence-corrected chi connectivity index (χ3v) is 6.91. The van der Waals surface area contributed by atoms with Gasteiger partial charge in [0.05, 0.1) is 43.8 Å². The number of aromatic nitrogens is 2. The molecule has 3 aliphatic rings. The van der Waals surface area contributed by atoms with Crippen LogP contribution < -0.4 is 10.2 Å². The van der Waals surface area contributed by atoms with E-state index in [9.17, 15) is 10.1 Å². The lowest BCUT2D eigenvalue weighted by atomic mass is 9.96. The average molecular weight is 461 g/mol. The highest BCUT2D eigenvalue weighted by atomic mass is 19.1. The molecule has 3 fully saturated rings. The van der Waals surface area contributed by atoms with Gasteiger partial charge in [0.2, 0.25) is 0 Å². The maximum Gasteiger partial charge on any atom is 0.414 e. The Morgan fingerprint density at radius 3 is 2.76 bits per heavy atom. The van der Waals surface area contributed by atoms with E-state index >= 15 is 4.39 Å². The normalized spacial score (nSPS) is 27.2. The van der Waals surface area contributed by atoms with E-state index in [1.807, 2.05) is 0 Å². The fourth-order valence-corrected chi connectivity index (χ4v) is 5.02. The molecule has 1 aliphatic carbocycles. The highest BCUT2D eigenvalue weighted by molar-refractivity contribution is 5.90. The molecule has 0 bridgehead atoms. The number of amides is 1. The van der Waals surface area contributed by atoms with Gasteiger partial charge in [0.25, 0.3) is 0 Å². The quantitative estimate of drug-likeness (QED) is 0.595. The maximum absolute atomic E-state index is 15.0. The first-order valence-corrected chi connectivity index (χ1v) is 11.0. The van der Waals surface area contributed by atoms with Crippen molar-refractivity contribution in [1.82, 2.24) is 10.1 Å². The Labute approximate surface area is 194 Å². The molecule has 3 aromatic rings. The van der Waals surface area contributed by atoms with Gasteiger partial charge in [-0.25, -0.2) is 9.18 Å². The number of rotatable bonds is 6. The standard InChI is InChI=1S/C24H20FN5O4/c25-20-7-15(30-10-16(34-23(30)31)9-28-22-5-6-33-29-22)2-3-17(20)14-1-4-21(27-8-14)24(13-26)18-11-32-12-19(18)24/h1-8,16,18-19H,9-12H2,(H,28,29)/t16-,18-,19+,24?/m1/s1. The summed E-state index contributed by atoms with van der Waals surface area (Å²) in [6, 6.07) is 12.3. The van der Waals surface area contributed by atoms with Crippen LogP contribution in [0, 0.1) is 29.0 Å². The summed E-state index contributed by atoms with van der Waals surface area (Å²) >= 11 is 0. The van der Waals surface area contributed by atoms with E-state index in [0.717, 1.165) is 0 Å². The predicted molar refractivity (Wildman–Crippen MR) is 117 cm³/mol. The highest BCUT2D eigenvalue weighted by Gasteiger charge is 2.70. The number of carbonyl (C=O) groups is 1. The summed E-state index contributed by atoms with van der Waals surface area (Å²) in [5.41, 5.74) is 1.49. The number of fused-ring (bicyclic) bond motifs is 1. The molecule has 4 heterocycles. The van der Waals surface area contributed by atoms with E-state index in [2.05, 4.69) is 21.5 Å². The molecule has 172 valence electrons. The molecule has 2 aliphatic heterocycles. The van der Waals surface area contributed by atoms with Gasteiger partial charge in [0.15, 0.2) is 5.82 Å². The zero-order chi connectivity index (χ0) is 23.3. The van der Waals surface area contributed by atoms with Crippen molar-refractivity contribution in [3.8, 4) is 17.2 Å². The molecule has 10 heteroatoms. The second-order valence-corrected chi connectivity index (χ2v) is 8.71. The Morgan fingerprint density at radius 1 is 1.24 bits per heavy atom. The topological polar surface area (TPSA) is 114 Å². The first-order chi connectivity index (χ1) is 16.6. The lowest BCUT2D eigenvalue weighted by Gasteiger charge is -2.15. The molecule has 2 aromatic heterocycles. The first kappa shape index (κ1) is 20.6. The van der Waals surface area contributed by atoms with Crippen molar-refractivity contribution in [2.75, 3.05) is 36.5 Å². The van der Waals surface area contributed by atoms with Crippen LogP contribution in [0.15, 0.2) is 53.4 Å². The molecule has 2 saturated heterocycles. The highest BCUT2D eigenvalue weighted by Crippen LogP contribution is 2.62. The maximum atomic E-state index is 15.0. The van der Waals surface area contributed by atoms with Crippen LogP contribution in [-0.2, 0) is 14.9 Å². The molecule has 1 saturated carbocycles. The van der Waals surface area contributed by atoms with Crippen LogP contribution in [0.5, 0.6) is 0 Å². The number of hydrogen-bond acceptors (Lipinski definition) is 8. The fraction of sp³-hybridized carbons (Fsp3) is 0.333. The number of anilines is 2. The van der Waals surface area contributed by atoms with Crippen molar-refractivity contribution >= 4 is 17.6 Å². The lowest BCUT2D eigenvalue weighted by Crippen LogP contribution is -2.27. The number of halogens is 1. The van der Waals surface area contributed by atoms with Gasteiger partial charge in [-0.05, 0) is 24.3 Å². The molecule has 1 N–H and O–H groups in total. The summed E-state index contributed by atoms with van der Waals surface area (Å²) in [5.74, 6) is 0.434. The SMILES string of the molecule is N#CC1(c2ccc(-c3ccc(N4C[C@@H](CNc5ccon5)OC4=O)cc3F)cn2)[C@@H]2COC[C@@H]21.